The van der Waals surface area contributed by atoms with Crippen molar-refractivity contribution in [3.05, 3.63) is 59.4 Å². The van der Waals surface area contributed by atoms with Crippen LogP contribution in [0.4, 0.5) is 18.9 Å². The van der Waals surface area contributed by atoms with Crippen LogP contribution in [-0.4, -0.2) is 17.6 Å². The average Bonchev–Trinajstić information content (AvgIpc) is 2.69. The molecule has 6 heteroatoms. The molecule has 3 nitrogen and oxygen atoms in total. The Balaban J connectivity index is 1.87. The van der Waals surface area contributed by atoms with Crippen LogP contribution < -0.4 is 4.90 Å². The maximum Gasteiger partial charge on any atom is 0.417 e. The number of hydrogen-bond donors (Lipinski definition) is 0. The van der Waals surface area contributed by atoms with Crippen LogP contribution in [0.25, 0.3) is 0 Å². The maximum absolute atomic E-state index is 13.3. The number of benzene rings is 1. The van der Waals surface area contributed by atoms with E-state index in [9.17, 15) is 13.2 Å². The molecule has 0 aliphatic heterocycles. The Morgan fingerprint density at radius 1 is 1.19 bits per heavy atom. The van der Waals surface area contributed by atoms with Crippen LogP contribution in [0.1, 0.15) is 55.2 Å². The van der Waals surface area contributed by atoms with E-state index < -0.39 is 11.7 Å². The van der Waals surface area contributed by atoms with Gasteiger partial charge in [-0.1, -0.05) is 6.42 Å². The molecule has 1 saturated carbocycles. The molecule has 0 saturated heterocycles. The summed E-state index contributed by atoms with van der Waals surface area (Å²) in [6, 6.07) is 9.91. The Hall–Kier alpha value is -2.55. The van der Waals surface area contributed by atoms with Crippen LogP contribution in [0, 0.1) is 11.3 Å². The predicted molar refractivity (Wildman–Crippen MR) is 98.4 cm³/mol. The van der Waals surface area contributed by atoms with Crippen molar-refractivity contribution < 1.29 is 13.2 Å². The molecule has 1 heterocycles. The van der Waals surface area contributed by atoms with Crippen LogP contribution in [0.2, 0.25) is 0 Å². The quantitative estimate of drug-likeness (QED) is 0.708. The third-order valence-corrected chi connectivity index (χ3v) is 5.37. The van der Waals surface area contributed by atoms with E-state index in [1.54, 1.807) is 24.5 Å². The van der Waals surface area contributed by atoms with Gasteiger partial charge in [-0.15, -0.1) is 0 Å². The number of aromatic nitrogens is 1. The van der Waals surface area contributed by atoms with E-state index in [2.05, 4.69) is 4.98 Å². The SMILES string of the molecule is CCN(c1ccc(C#N)c(C(F)(F)F)c1)[C@H]1CCC[C@@H](c2ccncc2)C1. The molecule has 142 valence electrons. The molecule has 1 fully saturated rings. The molecular weight excluding hydrogens is 351 g/mol. The topological polar surface area (TPSA) is 39.9 Å². The van der Waals surface area contributed by atoms with Crippen molar-refractivity contribution in [2.75, 3.05) is 11.4 Å². The lowest BCUT2D eigenvalue weighted by Gasteiger charge is -2.39. The molecule has 0 N–H and O–H groups in total. The molecule has 1 aromatic carbocycles. The minimum atomic E-state index is -4.54. The molecule has 2 atom stereocenters. The molecule has 1 aliphatic rings. The van der Waals surface area contributed by atoms with E-state index in [1.807, 2.05) is 24.0 Å². The van der Waals surface area contributed by atoms with Crippen LogP contribution >= 0.6 is 0 Å². The third kappa shape index (κ3) is 4.24. The second-order valence-corrected chi connectivity index (χ2v) is 6.92. The summed E-state index contributed by atoms with van der Waals surface area (Å²) in [5, 5.41) is 9.01. The number of anilines is 1. The highest BCUT2D eigenvalue weighted by Gasteiger charge is 2.35. The van der Waals surface area contributed by atoms with Gasteiger partial charge in [0, 0.05) is 30.7 Å². The van der Waals surface area contributed by atoms with E-state index in [0.717, 1.165) is 31.7 Å². The van der Waals surface area contributed by atoms with Gasteiger partial charge in [0.25, 0.3) is 0 Å². The Kier molecular flexibility index (Phi) is 5.69. The Bertz CT molecular complexity index is 812. The largest absolute Gasteiger partial charge is 0.417 e. The zero-order valence-corrected chi connectivity index (χ0v) is 15.2. The minimum Gasteiger partial charge on any atom is -0.369 e. The van der Waals surface area contributed by atoms with Gasteiger partial charge >= 0.3 is 6.18 Å². The van der Waals surface area contributed by atoms with Crippen LogP contribution in [0.15, 0.2) is 42.7 Å². The first-order valence-electron chi connectivity index (χ1n) is 9.22. The summed E-state index contributed by atoms with van der Waals surface area (Å²) < 4.78 is 40.0. The first kappa shape index (κ1) is 19.2. The van der Waals surface area contributed by atoms with Crippen molar-refractivity contribution >= 4 is 5.69 Å². The lowest BCUT2D eigenvalue weighted by atomic mass is 9.81. The lowest BCUT2D eigenvalue weighted by molar-refractivity contribution is -0.137. The van der Waals surface area contributed by atoms with Crippen molar-refractivity contribution in [3.63, 3.8) is 0 Å². The molecule has 0 spiro atoms. The average molecular weight is 373 g/mol. The molecular formula is C21H22F3N3. The van der Waals surface area contributed by atoms with Gasteiger partial charge in [-0.3, -0.25) is 4.98 Å². The second-order valence-electron chi connectivity index (χ2n) is 6.92. The smallest absolute Gasteiger partial charge is 0.369 e. The van der Waals surface area contributed by atoms with Crippen LogP contribution in [0.3, 0.4) is 0 Å². The summed E-state index contributed by atoms with van der Waals surface area (Å²) in [5.74, 6) is 0.390. The van der Waals surface area contributed by atoms with E-state index >= 15 is 0 Å². The highest BCUT2D eigenvalue weighted by molar-refractivity contribution is 5.55. The number of rotatable bonds is 4. The molecule has 27 heavy (non-hydrogen) atoms. The van der Waals surface area contributed by atoms with E-state index in [-0.39, 0.29) is 11.6 Å². The van der Waals surface area contributed by atoms with Crippen molar-refractivity contribution in [2.24, 2.45) is 0 Å². The minimum absolute atomic E-state index is 0.177. The zero-order chi connectivity index (χ0) is 19.4. The van der Waals surface area contributed by atoms with Gasteiger partial charge in [-0.2, -0.15) is 18.4 Å². The van der Waals surface area contributed by atoms with E-state index in [4.69, 9.17) is 5.26 Å². The number of alkyl halides is 3. The summed E-state index contributed by atoms with van der Waals surface area (Å²) >= 11 is 0. The maximum atomic E-state index is 13.3. The lowest BCUT2D eigenvalue weighted by Crippen LogP contribution is -2.38. The molecule has 3 rings (SSSR count). The number of hydrogen-bond acceptors (Lipinski definition) is 3. The van der Waals surface area contributed by atoms with Crippen LogP contribution in [0.5, 0.6) is 0 Å². The van der Waals surface area contributed by atoms with Crippen molar-refractivity contribution in [2.45, 2.75) is 50.7 Å². The molecule has 0 bridgehead atoms. The van der Waals surface area contributed by atoms with E-state index in [1.165, 1.54) is 11.6 Å². The summed E-state index contributed by atoms with van der Waals surface area (Å²) in [6.45, 7) is 2.58. The molecule has 2 aromatic rings. The van der Waals surface area contributed by atoms with Gasteiger partial charge in [-0.05, 0) is 68.0 Å². The number of pyridine rings is 1. The predicted octanol–water partition coefficient (Wildman–Crippen LogP) is 5.52. The van der Waals surface area contributed by atoms with E-state index in [0.29, 0.717) is 18.2 Å². The van der Waals surface area contributed by atoms with Crippen molar-refractivity contribution in [1.29, 1.82) is 5.26 Å². The second kappa shape index (κ2) is 7.99. The standard InChI is InChI=1S/C21H22F3N3/c1-2-27(19-7-6-17(14-25)20(13-19)21(22,23)24)18-5-3-4-16(12-18)15-8-10-26-11-9-15/h6-11,13,16,18H,2-5,12H2,1H3/t16-,18+/m1/s1. The van der Waals surface area contributed by atoms with Gasteiger partial charge < -0.3 is 4.90 Å². The number of nitrogens with zero attached hydrogens (tertiary/aromatic N) is 3. The molecule has 0 unspecified atom stereocenters. The molecule has 0 radical (unpaired) electrons. The Morgan fingerprint density at radius 3 is 2.56 bits per heavy atom. The summed E-state index contributed by atoms with van der Waals surface area (Å²) in [5.41, 5.74) is 0.578. The fourth-order valence-corrected chi connectivity index (χ4v) is 4.08. The monoisotopic (exact) mass is 373 g/mol. The zero-order valence-electron chi connectivity index (χ0n) is 15.2. The fraction of sp³-hybridized carbons (Fsp3) is 0.429. The van der Waals surface area contributed by atoms with Crippen molar-refractivity contribution in [1.82, 2.24) is 4.98 Å². The van der Waals surface area contributed by atoms with Gasteiger partial charge in [-0.25, -0.2) is 0 Å². The first-order valence-corrected chi connectivity index (χ1v) is 9.22. The summed E-state index contributed by atoms with van der Waals surface area (Å²) in [7, 11) is 0. The summed E-state index contributed by atoms with van der Waals surface area (Å²) in [4.78, 5) is 6.11. The number of halogens is 3. The highest BCUT2D eigenvalue weighted by Crippen LogP contribution is 2.39. The van der Waals surface area contributed by atoms with Gasteiger partial charge in [0.1, 0.15) is 0 Å². The van der Waals surface area contributed by atoms with Crippen LogP contribution in [-0.2, 0) is 6.18 Å². The number of nitriles is 1. The molecule has 1 aromatic heterocycles. The molecule has 0 amide bonds. The van der Waals surface area contributed by atoms with Crippen molar-refractivity contribution in [3.8, 4) is 6.07 Å². The Morgan fingerprint density at radius 2 is 1.93 bits per heavy atom. The van der Waals surface area contributed by atoms with Gasteiger partial charge in [0.05, 0.1) is 17.2 Å². The normalized spacial score (nSPS) is 20.1. The molecule has 1 aliphatic carbocycles. The third-order valence-electron chi connectivity index (χ3n) is 5.37. The van der Waals surface area contributed by atoms with Gasteiger partial charge in [0.2, 0.25) is 0 Å². The first-order chi connectivity index (χ1) is 12.9. The van der Waals surface area contributed by atoms with Gasteiger partial charge in [0.15, 0.2) is 0 Å². The highest BCUT2D eigenvalue weighted by atomic mass is 19.4. The summed E-state index contributed by atoms with van der Waals surface area (Å²) in [6.07, 6.45) is 3.01. The fourth-order valence-electron chi connectivity index (χ4n) is 4.08. The Labute approximate surface area is 157 Å².